The Morgan fingerprint density at radius 3 is 2.89 bits per heavy atom. The molecule has 0 aliphatic rings. The number of pyridine rings is 2. The van der Waals surface area contributed by atoms with Crippen LogP contribution in [0.25, 0.3) is 0 Å². The van der Waals surface area contributed by atoms with Crippen molar-refractivity contribution >= 4 is 5.82 Å². The Hall–Kier alpha value is -2.17. The second-order valence-electron chi connectivity index (χ2n) is 4.20. The summed E-state index contributed by atoms with van der Waals surface area (Å²) in [5, 5.41) is 2.94. The van der Waals surface area contributed by atoms with Gasteiger partial charge >= 0.3 is 0 Å². The molecular formula is C14H16FN3O. The molecule has 1 N–H and O–H groups in total. The first-order valence-corrected chi connectivity index (χ1v) is 6.27. The average molecular weight is 261 g/mol. The van der Waals surface area contributed by atoms with Crippen LogP contribution in [0.1, 0.15) is 12.8 Å². The van der Waals surface area contributed by atoms with E-state index in [1.165, 1.54) is 6.07 Å². The zero-order valence-corrected chi connectivity index (χ0v) is 10.6. The summed E-state index contributed by atoms with van der Waals surface area (Å²) >= 11 is 0. The molecular weight excluding hydrogens is 245 g/mol. The second-order valence-corrected chi connectivity index (χ2v) is 4.20. The van der Waals surface area contributed by atoms with Gasteiger partial charge in [-0.3, -0.25) is 4.79 Å². The number of nitrogens with one attached hydrogen (secondary N) is 1. The fourth-order valence-electron chi connectivity index (χ4n) is 1.78. The van der Waals surface area contributed by atoms with E-state index in [1.54, 1.807) is 35.2 Å². The number of aryl methyl sites for hydroxylation is 1. The monoisotopic (exact) mass is 261 g/mol. The number of unbranched alkanes of at least 4 members (excludes halogenated alkanes) is 1. The van der Waals surface area contributed by atoms with E-state index in [1.807, 2.05) is 6.07 Å². The minimum atomic E-state index is -0.346. The Balaban J connectivity index is 1.72. The lowest BCUT2D eigenvalue weighted by atomic mass is 10.3. The molecule has 0 saturated carbocycles. The van der Waals surface area contributed by atoms with E-state index in [0.29, 0.717) is 13.1 Å². The molecule has 0 aliphatic carbocycles. The first kappa shape index (κ1) is 13.3. The van der Waals surface area contributed by atoms with E-state index < -0.39 is 0 Å². The van der Waals surface area contributed by atoms with Crippen LogP contribution in [0.4, 0.5) is 10.2 Å². The third kappa shape index (κ3) is 3.91. The summed E-state index contributed by atoms with van der Waals surface area (Å²) in [4.78, 5) is 15.3. The Morgan fingerprint density at radius 1 is 1.21 bits per heavy atom. The van der Waals surface area contributed by atoms with Gasteiger partial charge in [0.15, 0.2) is 11.6 Å². The molecule has 0 fully saturated rings. The fraction of sp³-hybridized carbons (Fsp3) is 0.286. The van der Waals surface area contributed by atoms with E-state index in [2.05, 4.69) is 10.3 Å². The first-order valence-electron chi connectivity index (χ1n) is 6.27. The summed E-state index contributed by atoms with van der Waals surface area (Å²) < 4.78 is 14.9. The highest BCUT2D eigenvalue weighted by molar-refractivity contribution is 5.35. The highest BCUT2D eigenvalue weighted by Gasteiger charge is 2.00. The molecule has 100 valence electrons. The molecule has 0 aromatic carbocycles. The van der Waals surface area contributed by atoms with Gasteiger partial charge in [0.2, 0.25) is 5.56 Å². The molecule has 0 unspecified atom stereocenters. The standard InChI is InChI=1S/C14H16FN3O/c15-12-6-5-9-17-14(12)16-8-2-4-11-18-10-3-1-7-13(18)19/h1,3,5-7,9-10H,2,4,8,11H2,(H,16,17). The zero-order valence-electron chi connectivity index (χ0n) is 10.6. The molecule has 0 radical (unpaired) electrons. The fourth-order valence-corrected chi connectivity index (χ4v) is 1.78. The summed E-state index contributed by atoms with van der Waals surface area (Å²) in [7, 11) is 0. The molecule has 0 atom stereocenters. The third-order valence-corrected chi connectivity index (χ3v) is 2.78. The zero-order chi connectivity index (χ0) is 13.5. The maximum absolute atomic E-state index is 13.2. The van der Waals surface area contributed by atoms with Crippen LogP contribution < -0.4 is 10.9 Å². The third-order valence-electron chi connectivity index (χ3n) is 2.78. The summed E-state index contributed by atoms with van der Waals surface area (Å²) in [5.41, 5.74) is 0.00577. The van der Waals surface area contributed by atoms with Crippen molar-refractivity contribution in [2.45, 2.75) is 19.4 Å². The van der Waals surface area contributed by atoms with Crippen molar-refractivity contribution in [2.24, 2.45) is 0 Å². The summed E-state index contributed by atoms with van der Waals surface area (Å²) in [6, 6.07) is 8.04. The molecule has 2 rings (SSSR count). The predicted molar refractivity (Wildman–Crippen MR) is 72.6 cm³/mol. The summed E-state index contributed by atoms with van der Waals surface area (Å²) in [5.74, 6) is -0.0684. The van der Waals surface area contributed by atoms with Crippen molar-refractivity contribution in [3.8, 4) is 0 Å². The topological polar surface area (TPSA) is 46.9 Å². The minimum absolute atomic E-state index is 0.00577. The number of hydrogen-bond donors (Lipinski definition) is 1. The maximum Gasteiger partial charge on any atom is 0.250 e. The van der Waals surface area contributed by atoms with Crippen molar-refractivity contribution in [2.75, 3.05) is 11.9 Å². The van der Waals surface area contributed by atoms with Gasteiger partial charge in [-0.05, 0) is 31.0 Å². The lowest BCUT2D eigenvalue weighted by molar-refractivity contribution is 0.599. The van der Waals surface area contributed by atoms with Crippen molar-refractivity contribution < 1.29 is 4.39 Å². The molecule has 19 heavy (non-hydrogen) atoms. The van der Waals surface area contributed by atoms with Gasteiger partial charge < -0.3 is 9.88 Å². The van der Waals surface area contributed by atoms with E-state index in [4.69, 9.17) is 0 Å². The molecule has 0 spiro atoms. The molecule has 0 aliphatic heterocycles. The quantitative estimate of drug-likeness (QED) is 0.811. The van der Waals surface area contributed by atoms with Crippen LogP contribution in [0.3, 0.4) is 0 Å². The van der Waals surface area contributed by atoms with Gasteiger partial charge in [-0.15, -0.1) is 0 Å². The van der Waals surface area contributed by atoms with Crippen molar-refractivity contribution in [3.63, 3.8) is 0 Å². The molecule has 2 aromatic rings. The first-order chi connectivity index (χ1) is 9.27. The van der Waals surface area contributed by atoms with Gasteiger partial charge in [-0.2, -0.15) is 0 Å². The van der Waals surface area contributed by atoms with Crippen LogP contribution in [0.2, 0.25) is 0 Å². The number of halogens is 1. The van der Waals surface area contributed by atoms with Crippen LogP contribution in [0.15, 0.2) is 47.5 Å². The lowest BCUT2D eigenvalue weighted by Crippen LogP contribution is -2.18. The van der Waals surface area contributed by atoms with Crippen LogP contribution in [0.5, 0.6) is 0 Å². The van der Waals surface area contributed by atoms with Crippen LogP contribution in [0, 0.1) is 5.82 Å². The van der Waals surface area contributed by atoms with Gasteiger partial charge in [-0.25, -0.2) is 9.37 Å². The normalized spacial score (nSPS) is 10.4. The predicted octanol–water partition coefficient (Wildman–Crippen LogP) is 2.27. The Morgan fingerprint density at radius 2 is 2.11 bits per heavy atom. The van der Waals surface area contributed by atoms with E-state index in [-0.39, 0.29) is 17.2 Å². The smallest absolute Gasteiger partial charge is 0.250 e. The molecule has 2 heterocycles. The second kappa shape index (κ2) is 6.68. The highest BCUT2D eigenvalue weighted by atomic mass is 19.1. The summed E-state index contributed by atoms with van der Waals surface area (Å²) in [6.07, 6.45) is 5.02. The Labute approximate surface area is 110 Å². The van der Waals surface area contributed by atoms with Gasteiger partial charge in [0, 0.05) is 31.5 Å². The average Bonchev–Trinajstić information content (AvgIpc) is 2.42. The van der Waals surface area contributed by atoms with Gasteiger partial charge in [0.1, 0.15) is 0 Å². The Kier molecular flexibility index (Phi) is 4.66. The van der Waals surface area contributed by atoms with Gasteiger partial charge in [0.05, 0.1) is 0 Å². The highest BCUT2D eigenvalue weighted by Crippen LogP contribution is 2.08. The molecule has 4 nitrogen and oxygen atoms in total. The molecule has 0 amide bonds. The van der Waals surface area contributed by atoms with Crippen LogP contribution >= 0.6 is 0 Å². The van der Waals surface area contributed by atoms with E-state index >= 15 is 0 Å². The number of nitrogens with zero attached hydrogens (tertiary/aromatic N) is 2. The van der Waals surface area contributed by atoms with Crippen molar-refractivity contribution in [1.29, 1.82) is 0 Å². The Bertz CT molecular complexity index is 583. The largest absolute Gasteiger partial charge is 0.368 e. The molecule has 5 heteroatoms. The number of anilines is 1. The lowest BCUT2D eigenvalue weighted by Gasteiger charge is -2.07. The molecule has 0 bridgehead atoms. The minimum Gasteiger partial charge on any atom is -0.368 e. The SMILES string of the molecule is O=c1ccccn1CCCCNc1ncccc1F. The number of aromatic nitrogens is 2. The van der Waals surface area contributed by atoms with Crippen molar-refractivity contribution in [1.82, 2.24) is 9.55 Å². The summed E-state index contributed by atoms with van der Waals surface area (Å²) in [6.45, 7) is 1.31. The van der Waals surface area contributed by atoms with Crippen LogP contribution in [-0.2, 0) is 6.54 Å². The molecule has 2 aromatic heterocycles. The van der Waals surface area contributed by atoms with Gasteiger partial charge in [-0.1, -0.05) is 6.07 Å². The van der Waals surface area contributed by atoms with Crippen LogP contribution in [-0.4, -0.2) is 16.1 Å². The maximum atomic E-state index is 13.2. The van der Waals surface area contributed by atoms with Gasteiger partial charge in [0.25, 0.3) is 0 Å². The van der Waals surface area contributed by atoms with E-state index in [0.717, 1.165) is 12.8 Å². The molecule has 0 saturated heterocycles. The van der Waals surface area contributed by atoms with E-state index in [9.17, 15) is 9.18 Å². The number of hydrogen-bond acceptors (Lipinski definition) is 3. The van der Waals surface area contributed by atoms with Crippen molar-refractivity contribution in [3.05, 3.63) is 58.9 Å². The number of rotatable bonds is 6.